The molecule has 49 heavy (non-hydrogen) atoms. The quantitative estimate of drug-likeness (QED) is 0.180. The molecule has 1 aliphatic heterocycles. The summed E-state index contributed by atoms with van der Waals surface area (Å²) in [7, 11) is 0. The van der Waals surface area contributed by atoms with Gasteiger partial charge in [-0.15, -0.1) is 16.4 Å². The molecule has 0 aliphatic carbocycles. The summed E-state index contributed by atoms with van der Waals surface area (Å²) < 4.78 is 18.5. The van der Waals surface area contributed by atoms with Crippen molar-refractivity contribution in [3.63, 3.8) is 0 Å². The molecule has 0 N–H and O–H groups in total. The maximum absolute atomic E-state index is 16.1. The molecular weight excluding hydrogens is 638 g/mol. The van der Waals surface area contributed by atoms with Crippen molar-refractivity contribution in [2.24, 2.45) is 0 Å². The highest BCUT2D eigenvalue weighted by Crippen LogP contribution is 2.40. The summed E-state index contributed by atoms with van der Waals surface area (Å²) >= 11 is 1.58. The zero-order chi connectivity index (χ0) is 34.5. The third-order valence-electron chi connectivity index (χ3n) is 9.18. The van der Waals surface area contributed by atoms with E-state index in [0.717, 1.165) is 39.9 Å². The van der Waals surface area contributed by atoms with E-state index in [9.17, 15) is 10.1 Å². The summed E-state index contributed by atoms with van der Waals surface area (Å²) in [5, 5.41) is 18.8. The van der Waals surface area contributed by atoms with Crippen LogP contribution in [-0.2, 0) is 5.41 Å². The minimum Gasteiger partial charge on any atom is -0.296 e. The van der Waals surface area contributed by atoms with Crippen LogP contribution in [0, 0.1) is 17.1 Å². The monoisotopic (exact) mass is 673 g/mol. The van der Waals surface area contributed by atoms with Crippen molar-refractivity contribution in [1.82, 2.24) is 34.8 Å². The Kier molecular flexibility index (Phi) is 8.21. The number of anilines is 1. The Morgan fingerprint density at radius 2 is 1.84 bits per heavy atom. The van der Waals surface area contributed by atoms with Crippen LogP contribution in [-0.4, -0.2) is 65.4 Å². The highest BCUT2D eigenvalue weighted by Gasteiger charge is 2.36. The van der Waals surface area contributed by atoms with Crippen molar-refractivity contribution in [3.8, 4) is 22.2 Å². The first-order valence-corrected chi connectivity index (χ1v) is 17.1. The zero-order valence-electron chi connectivity index (χ0n) is 28.1. The van der Waals surface area contributed by atoms with Gasteiger partial charge in [0.25, 0.3) is 5.91 Å². The van der Waals surface area contributed by atoms with Crippen LogP contribution in [0.5, 0.6) is 0 Å². The number of pyridine rings is 3. The van der Waals surface area contributed by atoms with Gasteiger partial charge in [0.1, 0.15) is 17.2 Å². The van der Waals surface area contributed by atoms with Gasteiger partial charge in [-0.2, -0.15) is 9.94 Å². The Bertz CT molecular complexity index is 2250. The van der Waals surface area contributed by atoms with Crippen LogP contribution >= 0.6 is 11.3 Å². The molecule has 6 aromatic rings. The number of benzene rings is 1. The van der Waals surface area contributed by atoms with Gasteiger partial charge in [-0.25, -0.2) is 14.4 Å². The lowest BCUT2D eigenvalue weighted by Gasteiger charge is -2.44. The molecular formula is C37H36FN9OS. The van der Waals surface area contributed by atoms with Crippen molar-refractivity contribution in [1.29, 1.82) is 5.26 Å². The molecule has 0 radical (unpaired) electrons. The number of amides is 1. The van der Waals surface area contributed by atoms with Crippen LogP contribution in [0.25, 0.3) is 37.4 Å². The Morgan fingerprint density at radius 3 is 2.61 bits per heavy atom. The maximum atomic E-state index is 16.1. The molecule has 248 valence electrons. The highest BCUT2D eigenvalue weighted by molar-refractivity contribution is 7.22. The lowest BCUT2D eigenvalue weighted by molar-refractivity contribution is 0.0837. The van der Waals surface area contributed by atoms with Crippen LogP contribution in [0.1, 0.15) is 63.5 Å². The van der Waals surface area contributed by atoms with Gasteiger partial charge >= 0.3 is 0 Å². The minimum absolute atomic E-state index is 0.0548. The normalized spacial score (nSPS) is 15.8. The van der Waals surface area contributed by atoms with Crippen molar-refractivity contribution in [2.75, 3.05) is 18.0 Å². The van der Waals surface area contributed by atoms with Crippen LogP contribution in [0.15, 0.2) is 73.2 Å². The van der Waals surface area contributed by atoms with E-state index in [0.29, 0.717) is 34.9 Å². The second-order valence-electron chi connectivity index (χ2n) is 13.9. The summed E-state index contributed by atoms with van der Waals surface area (Å²) in [4.78, 5) is 33.3. The average molecular weight is 674 g/mol. The van der Waals surface area contributed by atoms with E-state index in [1.165, 1.54) is 16.8 Å². The third kappa shape index (κ3) is 6.04. The van der Waals surface area contributed by atoms with Gasteiger partial charge in [-0.3, -0.25) is 19.6 Å². The summed E-state index contributed by atoms with van der Waals surface area (Å²) in [5.74, 6) is -0.633. The van der Waals surface area contributed by atoms with Crippen molar-refractivity contribution in [3.05, 3.63) is 90.3 Å². The third-order valence-corrected chi connectivity index (χ3v) is 10.3. The Balaban J connectivity index is 1.32. The first-order valence-electron chi connectivity index (χ1n) is 16.3. The number of nitrogens with zero attached hydrogens (tertiary/aromatic N) is 9. The molecule has 0 saturated carbocycles. The number of carbonyl (C=O) groups excluding carboxylic acids is 1. The summed E-state index contributed by atoms with van der Waals surface area (Å²) in [5.41, 5.74) is 2.18. The van der Waals surface area contributed by atoms with Gasteiger partial charge in [0, 0.05) is 51.7 Å². The van der Waals surface area contributed by atoms with Crippen LogP contribution in [0.3, 0.4) is 0 Å². The zero-order valence-corrected chi connectivity index (χ0v) is 28.9. The smallest absolute Gasteiger partial charge is 0.262 e. The molecule has 1 fully saturated rings. The van der Waals surface area contributed by atoms with E-state index < -0.39 is 17.1 Å². The number of hydrogen-bond donors (Lipinski definition) is 0. The number of thiophene rings is 1. The molecule has 0 spiro atoms. The summed E-state index contributed by atoms with van der Waals surface area (Å²) in [6.07, 6.45) is 6.70. The largest absolute Gasteiger partial charge is 0.296 e. The van der Waals surface area contributed by atoms with E-state index in [1.807, 2.05) is 38.1 Å². The van der Waals surface area contributed by atoms with Crippen LogP contribution in [0.4, 0.5) is 10.2 Å². The Labute approximate surface area is 287 Å². The van der Waals surface area contributed by atoms with Gasteiger partial charge in [0.15, 0.2) is 5.65 Å². The van der Waals surface area contributed by atoms with Crippen molar-refractivity contribution in [2.45, 2.75) is 64.5 Å². The Hall–Kier alpha value is -5.12. The number of piperidine rings is 1. The second-order valence-corrected chi connectivity index (χ2v) is 15.0. The molecule has 0 unspecified atom stereocenters. The molecule has 12 heteroatoms. The molecule has 1 aromatic carbocycles. The fourth-order valence-electron chi connectivity index (χ4n) is 6.35. The number of likely N-dealkylation sites (tertiary alicyclic amines) is 1. The van der Waals surface area contributed by atoms with E-state index in [-0.39, 0.29) is 17.1 Å². The number of fused-ring (bicyclic) bond motifs is 2. The van der Waals surface area contributed by atoms with E-state index in [4.69, 9.17) is 4.98 Å². The summed E-state index contributed by atoms with van der Waals surface area (Å²) in [6.45, 7) is 11.7. The predicted octanol–water partition coefficient (Wildman–Crippen LogP) is 7.34. The molecule has 1 aliphatic rings. The number of nitriles is 1. The SMILES string of the molecule is CC(C)(C#N)c1cc(-c2cc3c(N(C(=O)c4ccc(-n5nnc6cccnc65)cc4F)[C@@H]4CCCN(C(C)(C)C)C4)nccc3s2)ccn1. The number of halogens is 1. The maximum Gasteiger partial charge on any atom is 0.262 e. The number of aromatic nitrogens is 6. The fraction of sp³-hybridized carbons (Fsp3) is 0.324. The standard InChI is InChI=1S/C37H36FN9OS/c1-36(2,3)45-17-7-8-25(21-45)46(35(48)26-11-10-24(19-28(26)38)47-34-29(43-44-47)9-6-14-41-34)33-27-20-31(49-30(27)13-16-42-33)23-12-15-40-32(18-23)37(4,5)22-39/h6,9-16,18-20,25H,7-8,17,21H2,1-5H3/t25-/m1/s1. The molecule has 7 rings (SSSR count). The number of rotatable bonds is 6. The molecule has 1 atom stereocenters. The van der Waals surface area contributed by atoms with Crippen molar-refractivity contribution < 1.29 is 9.18 Å². The fourth-order valence-corrected chi connectivity index (χ4v) is 7.40. The molecule has 5 aromatic heterocycles. The summed E-state index contributed by atoms with van der Waals surface area (Å²) in [6, 6.07) is 17.9. The minimum atomic E-state index is -0.750. The van der Waals surface area contributed by atoms with Gasteiger partial charge in [-0.1, -0.05) is 5.21 Å². The molecule has 1 saturated heterocycles. The lowest BCUT2D eigenvalue weighted by atomic mass is 9.90. The van der Waals surface area contributed by atoms with Gasteiger partial charge in [-0.05, 0) is 108 Å². The van der Waals surface area contributed by atoms with E-state index in [2.05, 4.69) is 52.0 Å². The molecule has 1 amide bonds. The van der Waals surface area contributed by atoms with Crippen LogP contribution in [0.2, 0.25) is 0 Å². The van der Waals surface area contributed by atoms with Crippen LogP contribution < -0.4 is 4.90 Å². The first kappa shape index (κ1) is 32.4. The lowest BCUT2D eigenvalue weighted by Crippen LogP contribution is -2.55. The van der Waals surface area contributed by atoms with Crippen molar-refractivity contribution >= 4 is 44.3 Å². The highest BCUT2D eigenvalue weighted by atomic mass is 32.1. The number of hydrogen-bond acceptors (Lipinski definition) is 9. The molecule has 6 heterocycles. The molecule has 10 nitrogen and oxygen atoms in total. The topological polar surface area (TPSA) is 117 Å². The average Bonchev–Trinajstić information content (AvgIpc) is 3.74. The van der Waals surface area contributed by atoms with Gasteiger partial charge in [0.2, 0.25) is 0 Å². The molecule has 0 bridgehead atoms. The van der Waals surface area contributed by atoms with E-state index in [1.54, 1.807) is 53.0 Å². The second kappa shape index (κ2) is 12.4. The Morgan fingerprint density at radius 1 is 1.02 bits per heavy atom. The predicted molar refractivity (Wildman–Crippen MR) is 189 cm³/mol. The van der Waals surface area contributed by atoms with Gasteiger partial charge in [0.05, 0.1) is 34.5 Å². The van der Waals surface area contributed by atoms with E-state index >= 15 is 4.39 Å². The first-order chi connectivity index (χ1) is 23.4. The number of carbonyl (C=O) groups is 1. The van der Waals surface area contributed by atoms with Gasteiger partial charge < -0.3 is 0 Å².